The highest BCUT2D eigenvalue weighted by atomic mass is 16.5. The van der Waals surface area contributed by atoms with Gasteiger partial charge in [0.25, 0.3) is 0 Å². The summed E-state index contributed by atoms with van der Waals surface area (Å²) < 4.78 is 12.7. The first-order valence-electron chi connectivity index (χ1n) is 9.20. The summed E-state index contributed by atoms with van der Waals surface area (Å²) in [5, 5.41) is 0. The minimum Gasteiger partial charge on any atom is -0.497 e. The van der Waals surface area contributed by atoms with Crippen LogP contribution in [-0.4, -0.2) is 34.4 Å². The lowest BCUT2D eigenvalue weighted by molar-refractivity contribution is 0.0962. The van der Waals surface area contributed by atoms with E-state index in [0.29, 0.717) is 24.2 Å². The number of Topliss-reactive ketones (excluding diaryl/α,β-unsaturated/α-hetero) is 1. The van der Waals surface area contributed by atoms with E-state index in [4.69, 9.17) is 14.5 Å². The van der Waals surface area contributed by atoms with E-state index in [1.807, 2.05) is 53.1 Å². The maximum atomic E-state index is 13.0. The lowest BCUT2D eigenvalue weighted by Gasteiger charge is -2.25. The summed E-state index contributed by atoms with van der Waals surface area (Å²) in [6, 6.07) is 13.6. The van der Waals surface area contributed by atoms with Gasteiger partial charge in [-0.2, -0.15) is 0 Å². The van der Waals surface area contributed by atoms with Gasteiger partial charge in [-0.15, -0.1) is 0 Å². The molecular weight excluding hydrogens is 354 g/mol. The van der Waals surface area contributed by atoms with Crippen molar-refractivity contribution in [3.63, 3.8) is 0 Å². The largest absolute Gasteiger partial charge is 0.497 e. The third kappa shape index (κ3) is 2.52. The van der Waals surface area contributed by atoms with Gasteiger partial charge in [-0.05, 0) is 30.2 Å². The van der Waals surface area contributed by atoms with Crippen LogP contribution in [0.25, 0.3) is 16.8 Å². The first-order chi connectivity index (χ1) is 13.7. The standard InChI is InChI=1S/C22H19N3O3/c1-27-14-7-8-15(21(11-14)28-2)13-9-18-16(20(26)10-13)12-25-19-6-4-3-5-17(19)23-22(25)24-18/h3-8,11-13H,9-10H2,1-2H3/t13-/m0/s1. The van der Waals surface area contributed by atoms with Crippen molar-refractivity contribution in [1.29, 1.82) is 0 Å². The number of nitrogens with zero attached hydrogens (tertiary/aromatic N) is 3. The summed E-state index contributed by atoms with van der Waals surface area (Å²) >= 11 is 0. The Labute approximate surface area is 161 Å². The molecule has 0 bridgehead atoms. The van der Waals surface area contributed by atoms with Crippen molar-refractivity contribution in [2.24, 2.45) is 0 Å². The molecule has 2 aromatic heterocycles. The Morgan fingerprint density at radius 1 is 1.04 bits per heavy atom. The molecule has 6 nitrogen and oxygen atoms in total. The number of ketones is 1. The fourth-order valence-corrected chi connectivity index (χ4v) is 4.03. The van der Waals surface area contributed by atoms with Crippen LogP contribution in [0, 0.1) is 0 Å². The molecule has 0 fully saturated rings. The van der Waals surface area contributed by atoms with Crippen molar-refractivity contribution in [1.82, 2.24) is 14.4 Å². The summed E-state index contributed by atoms with van der Waals surface area (Å²) in [5.74, 6) is 2.19. The molecule has 0 spiro atoms. The van der Waals surface area contributed by atoms with Crippen LogP contribution < -0.4 is 9.47 Å². The number of aromatic nitrogens is 3. The molecular formula is C22H19N3O3. The summed E-state index contributed by atoms with van der Waals surface area (Å²) in [6.45, 7) is 0. The van der Waals surface area contributed by atoms with Crippen LogP contribution in [0.4, 0.5) is 0 Å². The maximum absolute atomic E-state index is 13.0. The Morgan fingerprint density at radius 3 is 2.71 bits per heavy atom. The number of hydrogen-bond acceptors (Lipinski definition) is 5. The molecule has 0 radical (unpaired) electrons. The molecule has 1 aliphatic rings. The predicted octanol–water partition coefficient (Wildman–Crippen LogP) is 3.81. The monoisotopic (exact) mass is 373 g/mol. The van der Waals surface area contributed by atoms with Crippen LogP contribution in [0.2, 0.25) is 0 Å². The van der Waals surface area contributed by atoms with Crippen LogP contribution >= 0.6 is 0 Å². The number of carbonyl (C=O) groups excluding carboxylic acids is 1. The van der Waals surface area contributed by atoms with E-state index < -0.39 is 0 Å². The number of methoxy groups -OCH3 is 2. The van der Waals surface area contributed by atoms with Gasteiger partial charge >= 0.3 is 0 Å². The maximum Gasteiger partial charge on any atom is 0.235 e. The first-order valence-corrected chi connectivity index (χ1v) is 9.20. The normalized spacial score (nSPS) is 16.4. The molecule has 28 heavy (non-hydrogen) atoms. The molecule has 6 heteroatoms. The SMILES string of the molecule is COc1ccc([C@@H]2CC(=O)c3cn4c(nc3C2)nc2ccccc24)c(OC)c1. The number of imidazole rings is 1. The Balaban J connectivity index is 1.60. The third-order valence-corrected chi connectivity index (χ3v) is 5.43. The zero-order chi connectivity index (χ0) is 19.3. The molecule has 0 aliphatic heterocycles. The molecule has 2 aromatic carbocycles. The molecule has 0 saturated heterocycles. The fourth-order valence-electron chi connectivity index (χ4n) is 4.03. The minimum atomic E-state index is 0.0141. The molecule has 140 valence electrons. The Kier molecular flexibility index (Phi) is 3.79. The average Bonchev–Trinajstić information content (AvgIpc) is 3.09. The van der Waals surface area contributed by atoms with Gasteiger partial charge in [0.1, 0.15) is 11.5 Å². The fraction of sp³-hybridized carbons (Fsp3) is 0.227. The van der Waals surface area contributed by atoms with Gasteiger partial charge in [0, 0.05) is 24.6 Å². The van der Waals surface area contributed by atoms with E-state index in [2.05, 4.69) is 4.98 Å². The number of carbonyl (C=O) groups is 1. The summed E-state index contributed by atoms with van der Waals surface area (Å²) in [5.41, 5.74) is 4.30. The highest BCUT2D eigenvalue weighted by Gasteiger charge is 2.30. The van der Waals surface area contributed by atoms with Gasteiger partial charge in [-0.1, -0.05) is 18.2 Å². The Bertz CT molecular complexity index is 1230. The van der Waals surface area contributed by atoms with Crippen LogP contribution in [0.3, 0.4) is 0 Å². The van der Waals surface area contributed by atoms with Crippen LogP contribution in [0.5, 0.6) is 11.5 Å². The van der Waals surface area contributed by atoms with E-state index in [1.54, 1.807) is 14.2 Å². The van der Waals surface area contributed by atoms with Crippen molar-refractivity contribution in [2.75, 3.05) is 14.2 Å². The molecule has 0 amide bonds. The van der Waals surface area contributed by atoms with Gasteiger partial charge < -0.3 is 9.47 Å². The molecule has 1 aliphatic carbocycles. The van der Waals surface area contributed by atoms with Crippen LogP contribution in [0.1, 0.15) is 34.0 Å². The van der Waals surface area contributed by atoms with Gasteiger partial charge in [0.15, 0.2) is 5.78 Å². The molecule has 0 unspecified atom stereocenters. The molecule has 1 atom stereocenters. The van der Waals surface area contributed by atoms with Crippen LogP contribution in [-0.2, 0) is 6.42 Å². The van der Waals surface area contributed by atoms with Gasteiger partial charge in [-0.25, -0.2) is 9.97 Å². The third-order valence-electron chi connectivity index (χ3n) is 5.43. The number of rotatable bonds is 3. The van der Waals surface area contributed by atoms with Crippen molar-refractivity contribution >= 4 is 22.6 Å². The average molecular weight is 373 g/mol. The quantitative estimate of drug-likeness (QED) is 0.546. The van der Waals surface area contributed by atoms with Gasteiger partial charge in [-0.3, -0.25) is 9.20 Å². The number of ether oxygens (including phenoxy) is 2. The second-order valence-corrected chi connectivity index (χ2v) is 7.01. The van der Waals surface area contributed by atoms with E-state index >= 15 is 0 Å². The van der Waals surface area contributed by atoms with Crippen molar-refractivity contribution in [3.8, 4) is 11.5 Å². The van der Waals surface area contributed by atoms with E-state index in [9.17, 15) is 4.79 Å². The first kappa shape index (κ1) is 16.7. The Morgan fingerprint density at radius 2 is 1.89 bits per heavy atom. The smallest absolute Gasteiger partial charge is 0.235 e. The molecule has 4 aromatic rings. The molecule has 0 saturated carbocycles. The van der Waals surface area contributed by atoms with Gasteiger partial charge in [0.2, 0.25) is 5.78 Å². The van der Waals surface area contributed by atoms with Crippen LogP contribution in [0.15, 0.2) is 48.7 Å². The summed E-state index contributed by atoms with van der Waals surface area (Å²) in [4.78, 5) is 22.3. The van der Waals surface area contributed by atoms with Crippen molar-refractivity contribution in [2.45, 2.75) is 18.8 Å². The zero-order valence-electron chi connectivity index (χ0n) is 15.7. The summed E-state index contributed by atoms with van der Waals surface area (Å²) in [7, 11) is 3.26. The number of para-hydroxylation sites is 2. The van der Waals surface area contributed by atoms with Crippen molar-refractivity contribution < 1.29 is 14.3 Å². The Hall–Kier alpha value is -3.41. The highest BCUT2D eigenvalue weighted by molar-refractivity contribution is 5.99. The zero-order valence-corrected chi connectivity index (χ0v) is 15.7. The molecule has 5 rings (SSSR count). The predicted molar refractivity (Wildman–Crippen MR) is 105 cm³/mol. The lowest BCUT2D eigenvalue weighted by atomic mass is 9.81. The number of benzene rings is 2. The minimum absolute atomic E-state index is 0.0141. The highest BCUT2D eigenvalue weighted by Crippen LogP contribution is 2.38. The number of fused-ring (bicyclic) bond motifs is 4. The van der Waals surface area contributed by atoms with E-state index in [0.717, 1.165) is 33.8 Å². The van der Waals surface area contributed by atoms with Gasteiger partial charge in [0.05, 0.1) is 36.5 Å². The number of hydrogen-bond donors (Lipinski definition) is 0. The lowest BCUT2D eigenvalue weighted by Crippen LogP contribution is -2.21. The molecule has 0 N–H and O–H groups in total. The molecule has 2 heterocycles. The van der Waals surface area contributed by atoms with E-state index in [-0.39, 0.29) is 11.7 Å². The van der Waals surface area contributed by atoms with E-state index in [1.165, 1.54) is 0 Å². The topological polar surface area (TPSA) is 65.7 Å². The van der Waals surface area contributed by atoms with Crippen molar-refractivity contribution in [3.05, 3.63) is 65.5 Å². The second kappa shape index (κ2) is 6.34. The second-order valence-electron chi connectivity index (χ2n) is 7.01. The summed E-state index contributed by atoms with van der Waals surface area (Å²) in [6.07, 6.45) is 2.98.